The maximum Gasteiger partial charge on any atom is 0.416 e. The van der Waals surface area contributed by atoms with Crippen LogP contribution in [0.3, 0.4) is 0 Å². The molecule has 2 aliphatic heterocycles. The molecule has 0 radical (unpaired) electrons. The summed E-state index contributed by atoms with van der Waals surface area (Å²) >= 11 is 0. The van der Waals surface area contributed by atoms with Crippen molar-refractivity contribution < 1.29 is 27.6 Å². The van der Waals surface area contributed by atoms with Crippen LogP contribution < -0.4 is 5.32 Å². The van der Waals surface area contributed by atoms with Gasteiger partial charge in [-0.2, -0.15) is 13.2 Å². The molecular weight excluding hydrogens is 487 g/mol. The van der Waals surface area contributed by atoms with Gasteiger partial charge in [-0.3, -0.25) is 9.59 Å². The Hall–Kier alpha value is -3.60. The van der Waals surface area contributed by atoms with Gasteiger partial charge in [-0.1, -0.05) is 62.7 Å². The van der Waals surface area contributed by atoms with Crippen molar-refractivity contribution in [2.45, 2.75) is 45.7 Å². The normalized spacial score (nSPS) is 18.2. The molecule has 0 spiro atoms. The number of alkyl halides is 3. The van der Waals surface area contributed by atoms with Gasteiger partial charge in [0.05, 0.1) is 18.7 Å². The Labute approximate surface area is 214 Å². The van der Waals surface area contributed by atoms with E-state index in [0.29, 0.717) is 5.56 Å². The maximum atomic E-state index is 13.1. The highest BCUT2D eigenvalue weighted by Crippen LogP contribution is 2.30. The van der Waals surface area contributed by atoms with Crippen LogP contribution >= 0.6 is 0 Å². The van der Waals surface area contributed by atoms with E-state index in [9.17, 15) is 27.6 Å². The van der Waals surface area contributed by atoms with Crippen molar-refractivity contribution in [2.75, 3.05) is 26.7 Å². The first kappa shape index (κ1) is 28.0. The summed E-state index contributed by atoms with van der Waals surface area (Å²) in [6.45, 7) is 4.11. The molecule has 8 nitrogen and oxygen atoms in total. The van der Waals surface area contributed by atoms with E-state index in [1.165, 1.54) is 38.4 Å². The minimum absolute atomic E-state index is 0.0239. The molecule has 2 saturated heterocycles. The quantitative estimate of drug-likeness (QED) is 0.669. The van der Waals surface area contributed by atoms with Gasteiger partial charge in [0.1, 0.15) is 12.7 Å². The second-order valence-electron chi connectivity index (χ2n) is 8.99. The van der Waals surface area contributed by atoms with Crippen LogP contribution in [0.1, 0.15) is 37.0 Å². The van der Waals surface area contributed by atoms with E-state index < -0.39 is 29.8 Å². The van der Waals surface area contributed by atoms with Crippen molar-refractivity contribution in [1.82, 2.24) is 25.1 Å². The second-order valence-corrected chi connectivity index (χ2v) is 8.99. The zero-order valence-corrected chi connectivity index (χ0v) is 21.2. The molecule has 200 valence electrons. The van der Waals surface area contributed by atoms with Crippen LogP contribution in [0.2, 0.25) is 0 Å². The van der Waals surface area contributed by atoms with Crippen molar-refractivity contribution >= 4 is 17.8 Å². The summed E-state index contributed by atoms with van der Waals surface area (Å²) in [7, 11) is 1.60. The van der Waals surface area contributed by atoms with Gasteiger partial charge < -0.3 is 15.1 Å². The van der Waals surface area contributed by atoms with Crippen LogP contribution in [0.15, 0.2) is 54.6 Å². The van der Waals surface area contributed by atoms with E-state index in [0.717, 1.165) is 17.7 Å². The fourth-order valence-electron chi connectivity index (χ4n) is 4.17. The topological polar surface area (TPSA) is 76.2 Å². The van der Waals surface area contributed by atoms with Gasteiger partial charge in [0.2, 0.25) is 11.8 Å². The first-order chi connectivity index (χ1) is 17.5. The zero-order chi connectivity index (χ0) is 27.2. The smallest absolute Gasteiger partial charge is 0.333 e. The second kappa shape index (κ2) is 12.1. The molecule has 2 aromatic rings. The van der Waals surface area contributed by atoms with Crippen molar-refractivity contribution in [3.63, 3.8) is 0 Å². The number of hydrazine groups is 1. The first-order valence-corrected chi connectivity index (χ1v) is 12.1. The number of urea groups is 1. The highest BCUT2D eigenvalue weighted by molar-refractivity contribution is 5.89. The summed E-state index contributed by atoms with van der Waals surface area (Å²) in [6, 6.07) is 13.6. The van der Waals surface area contributed by atoms with Crippen molar-refractivity contribution in [2.24, 2.45) is 0 Å². The van der Waals surface area contributed by atoms with E-state index in [4.69, 9.17) is 0 Å². The summed E-state index contributed by atoms with van der Waals surface area (Å²) in [6.07, 6.45) is -4.02. The van der Waals surface area contributed by atoms with E-state index in [-0.39, 0.29) is 38.6 Å². The molecule has 1 unspecified atom stereocenters. The summed E-state index contributed by atoms with van der Waals surface area (Å²) < 4.78 is 39.3. The molecular formula is C26H32F3N5O3. The molecule has 2 fully saturated rings. The number of piperazine rings is 1. The molecule has 4 amide bonds. The number of halogens is 3. The lowest BCUT2D eigenvalue weighted by atomic mass is 10.1. The Balaban J connectivity index is 0.00000121. The average molecular weight is 520 g/mol. The molecule has 2 aromatic carbocycles. The van der Waals surface area contributed by atoms with Crippen molar-refractivity contribution in [1.29, 1.82) is 0 Å². The Morgan fingerprint density at radius 1 is 0.973 bits per heavy atom. The van der Waals surface area contributed by atoms with E-state index in [1.807, 2.05) is 30.3 Å². The number of likely N-dealkylation sites (N-methyl/N-ethyl adjacent to an activating group) is 1. The van der Waals surface area contributed by atoms with E-state index in [2.05, 4.69) is 19.2 Å². The lowest BCUT2D eigenvalue weighted by molar-refractivity contribution is -0.178. The fraction of sp³-hybridized carbons (Fsp3) is 0.423. The molecule has 0 saturated carbocycles. The number of amides is 4. The van der Waals surface area contributed by atoms with Crippen LogP contribution in [-0.2, 0) is 28.9 Å². The Morgan fingerprint density at radius 2 is 1.62 bits per heavy atom. The molecule has 37 heavy (non-hydrogen) atoms. The van der Waals surface area contributed by atoms with E-state index in [1.54, 1.807) is 7.05 Å². The number of carbonyl (C=O) groups is 3. The number of carbonyl (C=O) groups excluding carboxylic acids is 3. The number of benzene rings is 2. The predicted molar refractivity (Wildman–Crippen MR) is 131 cm³/mol. The number of hydrogen-bond donors (Lipinski definition) is 1. The summed E-state index contributed by atoms with van der Waals surface area (Å²) in [5, 5.41) is 5.70. The Kier molecular flexibility index (Phi) is 9.14. The minimum Gasteiger partial charge on any atom is -0.333 e. The molecule has 1 N–H and O–H groups in total. The van der Waals surface area contributed by atoms with Gasteiger partial charge >= 0.3 is 12.2 Å². The average Bonchev–Trinajstić information content (AvgIpc) is 2.85. The van der Waals surface area contributed by atoms with Crippen LogP contribution in [0.4, 0.5) is 18.0 Å². The first-order valence-electron chi connectivity index (χ1n) is 12.1. The number of rotatable bonds is 4. The highest BCUT2D eigenvalue weighted by atomic mass is 19.4. The van der Waals surface area contributed by atoms with Crippen molar-refractivity contribution in [3.8, 4) is 0 Å². The Bertz CT molecular complexity index is 1100. The van der Waals surface area contributed by atoms with Gasteiger partial charge in [0.25, 0.3) is 0 Å². The SMILES string of the molecule is CCC.CN1CC(=O)N2CC(=O)N(Cc3cccc(C(F)(F)F)c3)CC2N1C(=O)NCc1ccccc1. The van der Waals surface area contributed by atoms with Gasteiger partial charge in [0.15, 0.2) is 0 Å². The molecule has 4 rings (SSSR count). The zero-order valence-electron chi connectivity index (χ0n) is 21.2. The minimum atomic E-state index is -4.50. The van der Waals surface area contributed by atoms with Crippen LogP contribution in [-0.4, -0.2) is 70.5 Å². The largest absolute Gasteiger partial charge is 0.416 e. The fourth-order valence-corrected chi connectivity index (χ4v) is 4.17. The molecule has 0 aliphatic carbocycles. The van der Waals surface area contributed by atoms with Gasteiger partial charge in [-0.15, -0.1) is 0 Å². The summed E-state index contributed by atoms with van der Waals surface area (Å²) in [5.74, 6) is -0.692. The number of nitrogens with zero attached hydrogens (tertiary/aromatic N) is 4. The van der Waals surface area contributed by atoms with Gasteiger partial charge in [-0.05, 0) is 23.3 Å². The maximum absolute atomic E-state index is 13.1. The molecule has 2 heterocycles. The standard InChI is InChI=1S/C23H24F3N5O3.C3H8/c1-28-14-21(33)30-15-20(32)29(12-17-8-5-9-18(10-17)23(24,25)26)13-19(30)31(28)22(34)27-11-16-6-3-2-4-7-16;1-3-2/h2-10,19H,11-15H2,1H3,(H,27,34);3H2,1-2H3. The molecule has 0 aromatic heterocycles. The lowest BCUT2D eigenvalue weighted by Crippen LogP contribution is -2.73. The van der Waals surface area contributed by atoms with Gasteiger partial charge in [0, 0.05) is 20.1 Å². The van der Waals surface area contributed by atoms with Gasteiger partial charge in [-0.25, -0.2) is 14.8 Å². The monoisotopic (exact) mass is 519 g/mol. The third-order valence-corrected chi connectivity index (χ3v) is 5.86. The lowest BCUT2D eigenvalue weighted by Gasteiger charge is -2.51. The van der Waals surface area contributed by atoms with E-state index >= 15 is 0 Å². The third kappa shape index (κ3) is 7.00. The van der Waals surface area contributed by atoms with Crippen LogP contribution in [0.25, 0.3) is 0 Å². The predicted octanol–water partition coefficient (Wildman–Crippen LogP) is 3.69. The molecule has 1 atom stereocenters. The summed E-state index contributed by atoms with van der Waals surface area (Å²) in [4.78, 5) is 41.1. The van der Waals surface area contributed by atoms with Crippen molar-refractivity contribution in [3.05, 3.63) is 71.3 Å². The number of hydrogen-bond acceptors (Lipinski definition) is 4. The number of fused-ring (bicyclic) bond motifs is 1. The number of nitrogens with one attached hydrogen (secondary N) is 1. The highest BCUT2D eigenvalue weighted by Gasteiger charge is 2.45. The van der Waals surface area contributed by atoms with Crippen LogP contribution in [0, 0.1) is 0 Å². The molecule has 11 heteroatoms. The third-order valence-electron chi connectivity index (χ3n) is 5.86. The van der Waals surface area contributed by atoms with Crippen LogP contribution in [0.5, 0.6) is 0 Å². The molecule has 2 aliphatic rings. The Morgan fingerprint density at radius 3 is 2.27 bits per heavy atom. The summed E-state index contributed by atoms with van der Waals surface area (Å²) in [5.41, 5.74) is 0.409. The molecule has 0 bridgehead atoms.